The second kappa shape index (κ2) is 8.10. The van der Waals surface area contributed by atoms with Crippen molar-refractivity contribution in [3.05, 3.63) is 65.2 Å². The van der Waals surface area contributed by atoms with Gasteiger partial charge in [0, 0.05) is 12.6 Å². The lowest BCUT2D eigenvalue weighted by Crippen LogP contribution is -2.44. The third kappa shape index (κ3) is 3.58. The van der Waals surface area contributed by atoms with Crippen molar-refractivity contribution in [2.75, 3.05) is 18.1 Å². The van der Waals surface area contributed by atoms with Gasteiger partial charge in [-0.1, -0.05) is 12.1 Å². The van der Waals surface area contributed by atoms with Crippen LogP contribution in [0.15, 0.2) is 48.5 Å². The van der Waals surface area contributed by atoms with Crippen molar-refractivity contribution in [1.29, 1.82) is 0 Å². The molecule has 30 heavy (non-hydrogen) atoms. The Morgan fingerprint density at radius 2 is 1.60 bits per heavy atom. The fourth-order valence-corrected chi connectivity index (χ4v) is 3.93. The summed E-state index contributed by atoms with van der Waals surface area (Å²) in [5, 5.41) is 0. The molecular formula is C23H22N2O5. The molecule has 7 nitrogen and oxygen atoms in total. The minimum absolute atomic E-state index is 0.156. The van der Waals surface area contributed by atoms with Crippen molar-refractivity contribution < 1.29 is 23.9 Å². The molecular weight excluding hydrogens is 384 g/mol. The van der Waals surface area contributed by atoms with E-state index < -0.39 is 17.8 Å². The van der Waals surface area contributed by atoms with Crippen LogP contribution in [-0.4, -0.2) is 47.8 Å². The number of ether oxygens (including phenoxy) is 1. The second-order valence-electron chi connectivity index (χ2n) is 7.55. The topological polar surface area (TPSA) is 84.0 Å². The molecule has 2 aliphatic rings. The molecule has 7 heteroatoms. The van der Waals surface area contributed by atoms with E-state index in [0.717, 1.165) is 24.2 Å². The highest BCUT2D eigenvalue weighted by Gasteiger charge is 2.36. The summed E-state index contributed by atoms with van der Waals surface area (Å²) < 4.78 is 5.17. The van der Waals surface area contributed by atoms with Crippen molar-refractivity contribution in [2.24, 2.45) is 0 Å². The van der Waals surface area contributed by atoms with E-state index in [0.29, 0.717) is 23.4 Å². The van der Waals surface area contributed by atoms with Gasteiger partial charge >= 0.3 is 5.97 Å². The van der Waals surface area contributed by atoms with Crippen molar-refractivity contribution in [3.8, 4) is 0 Å². The van der Waals surface area contributed by atoms with E-state index in [-0.39, 0.29) is 24.1 Å². The fourth-order valence-electron chi connectivity index (χ4n) is 3.93. The normalized spacial score (nSPS) is 18.4. The lowest BCUT2D eigenvalue weighted by atomic mass is 10.0. The summed E-state index contributed by atoms with van der Waals surface area (Å²) in [5.74, 6) is -1.61. The lowest BCUT2D eigenvalue weighted by Gasteiger charge is -2.33. The van der Waals surface area contributed by atoms with Crippen LogP contribution >= 0.6 is 0 Å². The summed E-state index contributed by atoms with van der Waals surface area (Å²) in [5.41, 5.74) is 1.33. The zero-order valence-electron chi connectivity index (χ0n) is 16.7. The number of nitrogens with zero attached hydrogens (tertiary/aromatic N) is 2. The van der Waals surface area contributed by atoms with Gasteiger partial charge in [0.1, 0.15) is 0 Å². The Morgan fingerprint density at radius 1 is 0.967 bits per heavy atom. The monoisotopic (exact) mass is 406 g/mol. The highest BCUT2D eigenvalue weighted by Crippen LogP contribution is 2.28. The number of carbonyl (C=O) groups is 4. The summed E-state index contributed by atoms with van der Waals surface area (Å²) >= 11 is 0. The number of benzene rings is 2. The van der Waals surface area contributed by atoms with Crippen LogP contribution in [0.3, 0.4) is 0 Å². The Morgan fingerprint density at radius 3 is 2.20 bits per heavy atom. The van der Waals surface area contributed by atoms with Gasteiger partial charge in [-0.15, -0.1) is 0 Å². The maximum atomic E-state index is 12.6. The first-order chi connectivity index (χ1) is 14.5. The first-order valence-electron chi connectivity index (χ1n) is 10.0. The van der Waals surface area contributed by atoms with E-state index in [1.165, 1.54) is 24.3 Å². The Bertz CT molecular complexity index is 980. The van der Waals surface area contributed by atoms with Gasteiger partial charge in [-0.05, 0) is 62.6 Å². The Balaban J connectivity index is 1.40. The summed E-state index contributed by atoms with van der Waals surface area (Å²) in [4.78, 5) is 52.6. The number of esters is 1. The number of imide groups is 1. The Hall–Kier alpha value is -3.48. The van der Waals surface area contributed by atoms with Gasteiger partial charge < -0.3 is 9.64 Å². The van der Waals surface area contributed by atoms with E-state index in [9.17, 15) is 19.2 Å². The van der Waals surface area contributed by atoms with Crippen LogP contribution in [0.5, 0.6) is 0 Å². The fraction of sp³-hybridized carbons (Fsp3) is 0.304. The van der Waals surface area contributed by atoms with Crippen molar-refractivity contribution >= 4 is 29.4 Å². The largest absolute Gasteiger partial charge is 0.452 e. The molecule has 0 unspecified atom stereocenters. The molecule has 1 saturated heterocycles. The van der Waals surface area contributed by atoms with Gasteiger partial charge in [-0.25, -0.2) is 9.69 Å². The highest BCUT2D eigenvalue weighted by atomic mass is 16.5. The van der Waals surface area contributed by atoms with Crippen LogP contribution in [0, 0.1) is 0 Å². The molecule has 2 aromatic carbocycles. The number of amides is 3. The molecule has 3 amide bonds. The summed E-state index contributed by atoms with van der Waals surface area (Å²) in [6.45, 7) is 2.38. The molecule has 0 aromatic heterocycles. The standard InChI is InChI=1S/C23H22N2O5/c1-15-6-4-5-13-24(15)20(26)14-30-23(29)16-9-11-17(12-10-16)25-21(27)18-7-2-3-8-19(18)22(25)28/h2-3,7-12,15H,4-6,13-14H2,1H3/t15-/m0/s1. The molecule has 1 fully saturated rings. The van der Waals surface area contributed by atoms with E-state index in [1.807, 2.05) is 6.92 Å². The van der Waals surface area contributed by atoms with Gasteiger partial charge in [0.2, 0.25) is 0 Å². The number of likely N-dealkylation sites (tertiary alicyclic amines) is 1. The quantitative estimate of drug-likeness (QED) is 0.576. The molecule has 1 atom stereocenters. The maximum absolute atomic E-state index is 12.6. The molecule has 0 N–H and O–H groups in total. The van der Waals surface area contributed by atoms with E-state index in [4.69, 9.17) is 4.74 Å². The van der Waals surface area contributed by atoms with Crippen LogP contribution in [0.2, 0.25) is 0 Å². The van der Waals surface area contributed by atoms with E-state index in [2.05, 4.69) is 0 Å². The minimum atomic E-state index is -0.623. The SMILES string of the molecule is C[C@H]1CCCCN1C(=O)COC(=O)c1ccc(N2C(=O)c3ccccc3C2=O)cc1. The molecule has 2 aliphatic heterocycles. The maximum Gasteiger partial charge on any atom is 0.338 e. The molecule has 2 aromatic rings. The molecule has 0 aliphatic carbocycles. The van der Waals surface area contributed by atoms with E-state index >= 15 is 0 Å². The predicted octanol–water partition coefficient (Wildman–Crippen LogP) is 3.05. The molecule has 0 saturated carbocycles. The summed E-state index contributed by atoms with van der Waals surface area (Å²) in [6.07, 6.45) is 3.02. The Labute approximate surface area is 174 Å². The molecule has 2 heterocycles. The average molecular weight is 406 g/mol. The van der Waals surface area contributed by atoms with Gasteiger partial charge in [0.05, 0.1) is 22.4 Å². The van der Waals surface area contributed by atoms with Crippen LogP contribution in [0.1, 0.15) is 57.3 Å². The van der Waals surface area contributed by atoms with Gasteiger partial charge in [-0.2, -0.15) is 0 Å². The first-order valence-corrected chi connectivity index (χ1v) is 10.0. The van der Waals surface area contributed by atoms with Gasteiger partial charge in [0.25, 0.3) is 17.7 Å². The van der Waals surface area contributed by atoms with Crippen LogP contribution in [-0.2, 0) is 9.53 Å². The number of hydrogen-bond acceptors (Lipinski definition) is 5. The average Bonchev–Trinajstić information content (AvgIpc) is 3.02. The van der Waals surface area contributed by atoms with Gasteiger partial charge in [0.15, 0.2) is 6.61 Å². The second-order valence-corrected chi connectivity index (χ2v) is 7.55. The number of rotatable bonds is 4. The number of hydrogen-bond donors (Lipinski definition) is 0. The molecule has 0 spiro atoms. The van der Waals surface area contributed by atoms with Gasteiger partial charge in [-0.3, -0.25) is 14.4 Å². The zero-order valence-corrected chi connectivity index (χ0v) is 16.7. The van der Waals surface area contributed by atoms with Crippen LogP contribution < -0.4 is 4.90 Å². The summed E-state index contributed by atoms with van der Waals surface area (Å²) in [6, 6.07) is 12.8. The number of anilines is 1. The van der Waals surface area contributed by atoms with Crippen LogP contribution in [0.4, 0.5) is 5.69 Å². The molecule has 154 valence electrons. The first kappa shape index (κ1) is 19.8. The van der Waals surface area contributed by atoms with Crippen molar-refractivity contribution in [3.63, 3.8) is 0 Å². The number of fused-ring (bicyclic) bond motifs is 1. The highest BCUT2D eigenvalue weighted by molar-refractivity contribution is 6.34. The van der Waals surface area contributed by atoms with Crippen molar-refractivity contribution in [1.82, 2.24) is 4.90 Å². The molecule has 4 rings (SSSR count). The Kier molecular flexibility index (Phi) is 5.35. The van der Waals surface area contributed by atoms with Crippen molar-refractivity contribution in [2.45, 2.75) is 32.2 Å². The van der Waals surface area contributed by atoms with Crippen LogP contribution in [0.25, 0.3) is 0 Å². The number of carbonyl (C=O) groups excluding carboxylic acids is 4. The predicted molar refractivity (Wildman–Crippen MR) is 109 cm³/mol. The zero-order chi connectivity index (χ0) is 21.3. The third-order valence-corrected chi connectivity index (χ3v) is 5.61. The van der Waals surface area contributed by atoms with E-state index in [1.54, 1.807) is 29.2 Å². The molecule has 0 radical (unpaired) electrons. The molecule has 0 bridgehead atoms. The summed E-state index contributed by atoms with van der Waals surface area (Å²) in [7, 11) is 0. The minimum Gasteiger partial charge on any atom is -0.452 e. The lowest BCUT2D eigenvalue weighted by molar-refractivity contribution is -0.137. The number of piperidine rings is 1. The smallest absolute Gasteiger partial charge is 0.338 e. The third-order valence-electron chi connectivity index (χ3n) is 5.61.